The van der Waals surface area contributed by atoms with Crippen LogP contribution in [-0.2, 0) is 14.3 Å². The SMILES string of the molecule is CCCCCCCC/C=C\CCCCCCCCCC(=O)OCCCCCCCCCCCCCCCCC(=O)NC(CO)C(O)/C=C/CCCCCCCCCCCCCCCC. The van der Waals surface area contributed by atoms with Gasteiger partial charge in [0.05, 0.1) is 25.4 Å². The molecule has 0 saturated heterocycles. The first-order valence-electron chi connectivity index (χ1n) is 28.6. The fourth-order valence-corrected chi connectivity index (χ4v) is 8.81. The molecule has 6 heteroatoms. The molecule has 0 saturated carbocycles. The summed E-state index contributed by atoms with van der Waals surface area (Å²) < 4.78 is 5.48. The van der Waals surface area contributed by atoms with Gasteiger partial charge in [-0.05, 0) is 57.8 Å². The van der Waals surface area contributed by atoms with Gasteiger partial charge in [-0.25, -0.2) is 0 Å². The Morgan fingerprint density at radius 3 is 1.11 bits per heavy atom. The van der Waals surface area contributed by atoms with Gasteiger partial charge in [0.1, 0.15) is 0 Å². The van der Waals surface area contributed by atoms with Crippen LogP contribution in [0.1, 0.15) is 309 Å². The molecule has 64 heavy (non-hydrogen) atoms. The average Bonchev–Trinajstić information content (AvgIpc) is 3.29. The highest BCUT2D eigenvalue weighted by Crippen LogP contribution is 2.17. The molecule has 0 aliphatic carbocycles. The van der Waals surface area contributed by atoms with Gasteiger partial charge in [-0.3, -0.25) is 9.59 Å². The summed E-state index contributed by atoms with van der Waals surface area (Å²) in [5.41, 5.74) is 0. The van der Waals surface area contributed by atoms with E-state index in [2.05, 4.69) is 31.3 Å². The number of ether oxygens (including phenoxy) is 1. The summed E-state index contributed by atoms with van der Waals surface area (Å²) in [5, 5.41) is 23.1. The van der Waals surface area contributed by atoms with E-state index in [0.717, 1.165) is 57.8 Å². The summed E-state index contributed by atoms with van der Waals surface area (Å²) >= 11 is 0. The quantitative estimate of drug-likeness (QED) is 0.0321. The van der Waals surface area contributed by atoms with Crippen LogP contribution in [0.25, 0.3) is 0 Å². The van der Waals surface area contributed by atoms with Crippen LogP contribution in [0, 0.1) is 0 Å². The van der Waals surface area contributed by atoms with E-state index in [0.29, 0.717) is 19.4 Å². The van der Waals surface area contributed by atoms with Crippen molar-refractivity contribution in [2.45, 2.75) is 321 Å². The number of hydrogen-bond donors (Lipinski definition) is 3. The zero-order chi connectivity index (χ0) is 46.5. The number of unbranched alkanes of at least 4 members (excludes halogenated alkanes) is 40. The minimum atomic E-state index is -0.851. The monoisotopic (exact) mass is 902 g/mol. The van der Waals surface area contributed by atoms with Gasteiger partial charge in [-0.2, -0.15) is 0 Å². The van der Waals surface area contributed by atoms with Crippen molar-refractivity contribution in [2.75, 3.05) is 13.2 Å². The summed E-state index contributed by atoms with van der Waals surface area (Å²) in [6.07, 6.45) is 64.7. The van der Waals surface area contributed by atoms with E-state index >= 15 is 0 Å². The largest absolute Gasteiger partial charge is 0.466 e. The van der Waals surface area contributed by atoms with Gasteiger partial charge in [-0.15, -0.1) is 0 Å². The highest BCUT2D eigenvalue weighted by Gasteiger charge is 2.18. The van der Waals surface area contributed by atoms with Crippen LogP contribution in [0.15, 0.2) is 24.3 Å². The van der Waals surface area contributed by atoms with E-state index in [-0.39, 0.29) is 18.5 Å². The second-order valence-electron chi connectivity index (χ2n) is 19.6. The Labute approximate surface area is 399 Å². The minimum Gasteiger partial charge on any atom is -0.466 e. The number of aliphatic hydroxyl groups excluding tert-OH is 2. The number of nitrogens with one attached hydrogen (secondary N) is 1. The van der Waals surface area contributed by atoms with Crippen LogP contribution in [0.4, 0.5) is 0 Å². The molecule has 0 spiro atoms. The summed E-state index contributed by atoms with van der Waals surface area (Å²) in [7, 11) is 0. The normalized spacial score (nSPS) is 12.8. The molecule has 2 unspecified atom stereocenters. The van der Waals surface area contributed by atoms with Crippen molar-refractivity contribution in [3.8, 4) is 0 Å². The first-order chi connectivity index (χ1) is 31.5. The van der Waals surface area contributed by atoms with Gasteiger partial charge in [0, 0.05) is 12.8 Å². The van der Waals surface area contributed by atoms with E-state index in [9.17, 15) is 19.8 Å². The Bertz CT molecular complexity index is 997. The van der Waals surface area contributed by atoms with Crippen molar-refractivity contribution in [3.05, 3.63) is 24.3 Å². The molecule has 0 aliphatic heterocycles. The lowest BCUT2D eigenvalue weighted by molar-refractivity contribution is -0.143. The lowest BCUT2D eigenvalue weighted by atomic mass is 10.0. The standard InChI is InChI=1S/C58H111NO5/c1-3-5-7-9-11-13-15-17-19-21-23-28-32-36-40-44-48-52-58(63)64-53-49-45-41-37-33-29-25-24-27-31-35-39-43-47-51-57(62)59-55(54-60)56(61)50-46-42-38-34-30-26-22-20-18-16-14-12-10-8-6-4-2/h17,19,46,50,55-56,60-61H,3-16,18,20-45,47-49,51-54H2,1-2H3,(H,59,62)/b19-17-,50-46+. The van der Waals surface area contributed by atoms with E-state index in [1.165, 1.54) is 225 Å². The minimum absolute atomic E-state index is 0.00652. The molecule has 0 bridgehead atoms. The van der Waals surface area contributed by atoms with Crippen LogP contribution >= 0.6 is 0 Å². The second-order valence-corrected chi connectivity index (χ2v) is 19.6. The molecule has 0 rings (SSSR count). The zero-order valence-electron chi connectivity index (χ0n) is 43.0. The summed E-state index contributed by atoms with van der Waals surface area (Å²) in [6.45, 7) is 4.89. The predicted octanol–water partition coefficient (Wildman–Crippen LogP) is 17.5. The number of esters is 1. The van der Waals surface area contributed by atoms with Crippen molar-refractivity contribution in [1.82, 2.24) is 5.32 Å². The number of hydrogen-bond acceptors (Lipinski definition) is 5. The maximum Gasteiger partial charge on any atom is 0.305 e. The first-order valence-corrected chi connectivity index (χ1v) is 28.6. The maximum atomic E-state index is 12.5. The van der Waals surface area contributed by atoms with Crippen molar-refractivity contribution in [2.24, 2.45) is 0 Å². The number of amides is 1. The van der Waals surface area contributed by atoms with E-state index in [4.69, 9.17) is 4.74 Å². The van der Waals surface area contributed by atoms with Crippen LogP contribution in [0.3, 0.4) is 0 Å². The fraction of sp³-hybridized carbons (Fsp3) is 0.897. The first kappa shape index (κ1) is 62.3. The lowest BCUT2D eigenvalue weighted by Gasteiger charge is -2.20. The smallest absolute Gasteiger partial charge is 0.305 e. The molecule has 6 nitrogen and oxygen atoms in total. The van der Waals surface area contributed by atoms with E-state index in [1.54, 1.807) is 6.08 Å². The Morgan fingerprint density at radius 1 is 0.422 bits per heavy atom. The third kappa shape index (κ3) is 49.8. The second kappa shape index (κ2) is 54.0. The molecule has 1 amide bonds. The van der Waals surface area contributed by atoms with Gasteiger partial charge in [0.15, 0.2) is 0 Å². The molecule has 0 radical (unpaired) electrons. The molecule has 3 N–H and O–H groups in total. The Kier molecular flexibility index (Phi) is 52.6. The number of carbonyl (C=O) groups excluding carboxylic acids is 2. The number of carbonyl (C=O) groups is 2. The van der Waals surface area contributed by atoms with Crippen molar-refractivity contribution >= 4 is 11.9 Å². The number of allylic oxidation sites excluding steroid dienone is 3. The van der Waals surface area contributed by atoms with Crippen molar-refractivity contribution < 1.29 is 24.5 Å². The topological polar surface area (TPSA) is 95.9 Å². The third-order valence-corrected chi connectivity index (χ3v) is 13.2. The summed E-state index contributed by atoms with van der Waals surface area (Å²) in [5.74, 6) is -0.0836. The number of aliphatic hydroxyl groups is 2. The summed E-state index contributed by atoms with van der Waals surface area (Å²) in [6, 6.07) is -0.636. The Morgan fingerprint density at radius 2 is 0.734 bits per heavy atom. The molecule has 378 valence electrons. The Balaban J connectivity index is 3.46. The molecule has 0 heterocycles. The highest BCUT2D eigenvalue weighted by molar-refractivity contribution is 5.76. The molecule has 2 atom stereocenters. The van der Waals surface area contributed by atoms with Crippen LogP contribution in [0.2, 0.25) is 0 Å². The van der Waals surface area contributed by atoms with Gasteiger partial charge >= 0.3 is 5.97 Å². The molecular weight excluding hydrogens is 791 g/mol. The van der Waals surface area contributed by atoms with Crippen LogP contribution in [0.5, 0.6) is 0 Å². The fourth-order valence-electron chi connectivity index (χ4n) is 8.81. The predicted molar refractivity (Wildman–Crippen MR) is 278 cm³/mol. The van der Waals surface area contributed by atoms with Crippen LogP contribution in [-0.4, -0.2) is 47.4 Å². The van der Waals surface area contributed by atoms with Crippen molar-refractivity contribution in [1.29, 1.82) is 0 Å². The van der Waals surface area contributed by atoms with E-state index < -0.39 is 12.1 Å². The molecule has 0 aromatic rings. The van der Waals surface area contributed by atoms with Crippen molar-refractivity contribution in [3.63, 3.8) is 0 Å². The molecule has 0 aromatic heterocycles. The van der Waals surface area contributed by atoms with Gasteiger partial charge in [0.2, 0.25) is 5.91 Å². The highest BCUT2D eigenvalue weighted by atomic mass is 16.5. The van der Waals surface area contributed by atoms with E-state index in [1.807, 2.05) is 6.08 Å². The lowest BCUT2D eigenvalue weighted by Crippen LogP contribution is -2.45. The molecular formula is C58H111NO5. The maximum absolute atomic E-state index is 12.5. The third-order valence-electron chi connectivity index (χ3n) is 13.2. The van der Waals surface area contributed by atoms with Gasteiger partial charge in [0.25, 0.3) is 0 Å². The van der Waals surface area contributed by atoms with Crippen LogP contribution < -0.4 is 5.32 Å². The number of rotatable bonds is 53. The summed E-state index contributed by atoms with van der Waals surface area (Å²) in [4.78, 5) is 24.5. The average molecular weight is 903 g/mol. The zero-order valence-corrected chi connectivity index (χ0v) is 43.0. The molecule has 0 aromatic carbocycles. The Hall–Kier alpha value is -1.66. The molecule has 0 aliphatic rings. The van der Waals surface area contributed by atoms with Gasteiger partial charge in [-0.1, -0.05) is 263 Å². The molecule has 0 fully saturated rings. The van der Waals surface area contributed by atoms with Gasteiger partial charge < -0.3 is 20.3 Å².